The van der Waals surface area contributed by atoms with Crippen LogP contribution in [0.3, 0.4) is 0 Å². The molecule has 0 aliphatic heterocycles. The van der Waals surface area contributed by atoms with Gasteiger partial charge in [-0.05, 0) is 91.4 Å². The molecule has 0 N–H and O–H groups in total. The Kier molecular flexibility index (Phi) is 7.10. The zero-order valence-corrected chi connectivity index (χ0v) is 35.1. The molecule has 3 heterocycles. The van der Waals surface area contributed by atoms with Crippen LogP contribution in [0, 0.1) is 16.7 Å². The van der Waals surface area contributed by atoms with Crippen molar-refractivity contribution in [3.8, 4) is 45.7 Å². The van der Waals surface area contributed by atoms with Crippen LogP contribution in [0.1, 0.15) is 58.2 Å². The highest BCUT2D eigenvalue weighted by molar-refractivity contribution is 6.34. The fraction of sp³-hybridized carbons (Fsp3) is 0.161. The van der Waals surface area contributed by atoms with Gasteiger partial charge in [-0.1, -0.05) is 145 Å². The van der Waals surface area contributed by atoms with E-state index in [0.717, 1.165) is 55.3 Å². The van der Waals surface area contributed by atoms with Gasteiger partial charge in [-0.15, -0.1) is 0 Å². The van der Waals surface area contributed by atoms with Crippen LogP contribution in [0.5, 0.6) is 0 Å². The van der Waals surface area contributed by atoms with Crippen molar-refractivity contribution in [2.24, 2.45) is 5.41 Å². The minimum atomic E-state index is -0.186. The number of fused-ring (bicyclic) bond motifs is 7. The Bertz CT molecular complexity index is 3600. The van der Waals surface area contributed by atoms with Crippen LogP contribution < -0.4 is 0 Å². The van der Waals surface area contributed by atoms with Crippen molar-refractivity contribution in [2.75, 3.05) is 0 Å². The molecule has 3 aromatic heterocycles. The molecule has 0 unspecified atom stereocenters. The molecular formula is C56H42N4O. The van der Waals surface area contributed by atoms with E-state index in [1.165, 1.54) is 43.4 Å². The summed E-state index contributed by atoms with van der Waals surface area (Å²) in [7, 11) is 0. The molecule has 12 rings (SSSR count). The van der Waals surface area contributed by atoms with Gasteiger partial charge in [0.15, 0.2) is 5.82 Å². The summed E-state index contributed by atoms with van der Waals surface area (Å²) in [6, 6.07) is 53.9. The molecule has 0 saturated carbocycles. The molecule has 0 saturated heterocycles. The first-order valence-corrected chi connectivity index (χ1v) is 21.1. The highest BCUT2D eigenvalue weighted by Gasteiger charge is 2.57. The SMILES string of the molecule is CC1(C)c2cc(-c3nc(-c4ccccc4)c(C#N)c(-c4ccc5c(c4)oc4ccccc45)n3)c(-n3c4cccc5c6ccccc6c6cccc3c6c54)cc2C(C)(C)C1(C)C. The summed E-state index contributed by atoms with van der Waals surface area (Å²) in [5.41, 5.74) is 11.2. The van der Waals surface area contributed by atoms with Crippen molar-refractivity contribution in [1.82, 2.24) is 14.5 Å². The second kappa shape index (κ2) is 12.1. The summed E-state index contributed by atoms with van der Waals surface area (Å²) >= 11 is 0. The van der Waals surface area contributed by atoms with Gasteiger partial charge < -0.3 is 8.98 Å². The molecule has 5 nitrogen and oxygen atoms in total. The first-order valence-electron chi connectivity index (χ1n) is 21.1. The van der Waals surface area contributed by atoms with E-state index < -0.39 is 0 Å². The molecular weight excluding hydrogens is 745 g/mol. The van der Waals surface area contributed by atoms with Crippen LogP contribution in [0.2, 0.25) is 0 Å². The summed E-state index contributed by atoms with van der Waals surface area (Å²) < 4.78 is 8.85. The lowest BCUT2D eigenvalue weighted by Gasteiger charge is -2.44. The van der Waals surface area contributed by atoms with Crippen LogP contribution in [-0.2, 0) is 10.8 Å². The second-order valence-electron chi connectivity index (χ2n) is 18.5. The molecule has 1 aliphatic rings. The molecule has 292 valence electrons. The Balaban J connectivity index is 1.23. The van der Waals surface area contributed by atoms with Crippen molar-refractivity contribution in [2.45, 2.75) is 52.4 Å². The van der Waals surface area contributed by atoms with Gasteiger partial charge in [0.25, 0.3) is 0 Å². The normalized spacial score (nSPS) is 15.4. The molecule has 8 aromatic carbocycles. The van der Waals surface area contributed by atoms with E-state index in [2.05, 4.69) is 143 Å². The predicted molar refractivity (Wildman–Crippen MR) is 251 cm³/mol. The van der Waals surface area contributed by atoms with Crippen molar-refractivity contribution >= 4 is 65.3 Å². The highest BCUT2D eigenvalue weighted by atomic mass is 16.3. The third-order valence-electron chi connectivity index (χ3n) is 15.1. The molecule has 0 spiro atoms. The van der Waals surface area contributed by atoms with Gasteiger partial charge in [0, 0.05) is 38.2 Å². The number of rotatable bonds is 4. The number of nitriles is 1. The maximum atomic E-state index is 11.0. The fourth-order valence-electron chi connectivity index (χ4n) is 10.8. The molecule has 0 amide bonds. The largest absolute Gasteiger partial charge is 0.456 e. The molecule has 0 radical (unpaired) electrons. The quantitative estimate of drug-likeness (QED) is 0.167. The average molecular weight is 787 g/mol. The minimum Gasteiger partial charge on any atom is -0.456 e. The molecule has 11 aromatic rings. The molecule has 0 fully saturated rings. The standard InChI is InChI=1S/C56H42N4O/c1-54(2)42-29-40(53-58-51(32-16-8-7-9-17-32)41(31-57)52(59-53)33-26-27-37-36-20-12-13-25-47(36)61-48(37)28-33)46(30-43(42)55(3,4)56(54,5)6)60-44-23-14-21-38-34-18-10-11-19-35(34)39-22-15-24-45(60)50(39)49(38)44/h7-30H,1-6H3. The molecule has 0 bridgehead atoms. The van der Waals surface area contributed by atoms with Gasteiger partial charge in [0.2, 0.25) is 0 Å². The first kappa shape index (κ1) is 35.6. The molecule has 5 heteroatoms. The van der Waals surface area contributed by atoms with Crippen LogP contribution in [0.15, 0.2) is 150 Å². The predicted octanol–water partition coefficient (Wildman–Crippen LogP) is 14.7. The van der Waals surface area contributed by atoms with Crippen molar-refractivity contribution in [3.05, 3.63) is 162 Å². The number of furan rings is 1. The van der Waals surface area contributed by atoms with E-state index >= 15 is 0 Å². The van der Waals surface area contributed by atoms with E-state index in [9.17, 15) is 5.26 Å². The monoisotopic (exact) mass is 786 g/mol. The lowest BCUT2D eigenvalue weighted by atomic mass is 9.59. The number of para-hydroxylation sites is 1. The van der Waals surface area contributed by atoms with Gasteiger partial charge in [-0.3, -0.25) is 0 Å². The van der Waals surface area contributed by atoms with Crippen molar-refractivity contribution < 1.29 is 4.42 Å². The van der Waals surface area contributed by atoms with E-state index in [-0.39, 0.29) is 16.2 Å². The molecule has 61 heavy (non-hydrogen) atoms. The summed E-state index contributed by atoms with van der Waals surface area (Å²) in [6.07, 6.45) is 0. The van der Waals surface area contributed by atoms with Crippen LogP contribution in [0.4, 0.5) is 0 Å². The lowest BCUT2D eigenvalue weighted by molar-refractivity contribution is 0.125. The zero-order chi connectivity index (χ0) is 41.6. The van der Waals surface area contributed by atoms with Gasteiger partial charge in [0.1, 0.15) is 22.8 Å². The summed E-state index contributed by atoms with van der Waals surface area (Å²) in [5, 5.41) is 20.6. The van der Waals surface area contributed by atoms with Crippen LogP contribution in [0.25, 0.3) is 105 Å². The van der Waals surface area contributed by atoms with E-state index in [1.54, 1.807) is 0 Å². The Morgan fingerprint density at radius 3 is 1.69 bits per heavy atom. The maximum absolute atomic E-state index is 11.0. The van der Waals surface area contributed by atoms with Crippen LogP contribution in [-0.4, -0.2) is 14.5 Å². The van der Waals surface area contributed by atoms with Crippen molar-refractivity contribution in [1.29, 1.82) is 5.26 Å². The fourth-order valence-corrected chi connectivity index (χ4v) is 10.8. The molecule has 1 aliphatic carbocycles. The van der Waals surface area contributed by atoms with E-state index in [4.69, 9.17) is 14.4 Å². The number of hydrogen-bond acceptors (Lipinski definition) is 4. The topological polar surface area (TPSA) is 67.6 Å². The summed E-state index contributed by atoms with van der Waals surface area (Å²) in [6.45, 7) is 14.4. The Morgan fingerprint density at radius 2 is 1.05 bits per heavy atom. The van der Waals surface area contributed by atoms with Gasteiger partial charge in [-0.2, -0.15) is 5.26 Å². The second-order valence-corrected chi connectivity index (χ2v) is 18.5. The van der Waals surface area contributed by atoms with E-state index in [0.29, 0.717) is 22.8 Å². The summed E-state index contributed by atoms with van der Waals surface area (Å²) in [4.78, 5) is 11.0. The number of hydrogen-bond donors (Lipinski definition) is 0. The average Bonchev–Trinajstić information content (AvgIpc) is 3.86. The van der Waals surface area contributed by atoms with Gasteiger partial charge >= 0.3 is 0 Å². The van der Waals surface area contributed by atoms with E-state index in [1.807, 2.05) is 54.6 Å². The zero-order valence-electron chi connectivity index (χ0n) is 35.1. The third-order valence-corrected chi connectivity index (χ3v) is 15.1. The highest BCUT2D eigenvalue weighted by Crippen LogP contribution is 2.62. The number of aromatic nitrogens is 3. The van der Waals surface area contributed by atoms with Gasteiger partial charge in [0.05, 0.1) is 28.1 Å². The Morgan fingerprint density at radius 1 is 0.508 bits per heavy atom. The van der Waals surface area contributed by atoms with Gasteiger partial charge in [-0.25, -0.2) is 9.97 Å². The summed E-state index contributed by atoms with van der Waals surface area (Å²) in [5.74, 6) is 0.564. The Hall–Kier alpha value is -7.29. The third kappa shape index (κ3) is 4.60. The first-order chi connectivity index (χ1) is 29.5. The van der Waals surface area contributed by atoms with Crippen LogP contribution >= 0.6 is 0 Å². The Labute approximate surface area is 353 Å². The van der Waals surface area contributed by atoms with Crippen molar-refractivity contribution in [3.63, 3.8) is 0 Å². The maximum Gasteiger partial charge on any atom is 0.162 e. The lowest BCUT2D eigenvalue weighted by Crippen LogP contribution is -2.42. The number of benzene rings is 8. The minimum absolute atomic E-state index is 0.0855. The smallest absolute Gasteiger partial charge is 0.162 e. The number of nitrogens with zero attached hydrogens (tertiary/aromatic N) is 4. The molecule has 0 atom stereocenters.